The monoisotopic (exact) mass is 447 g/mol. The summed E-state index contributed by atoms with van der Waals surface area (Å²) in [5.74, 6) is -0.134. The summed E-state index contributed by atoms with van der Waals surface area (Å²) in [6.07, 6.45) is 2.67. The number of nitrogens with zero attached hydrogens (tertiary/aromatic N) is 1. The minimum Gasteiger partial charge on any atom is -0.465 e. The van der Waals surface area contributed by atoms with Crippen molar-refractivity contribution in [3.63, 3.8) is 0 Å². The lowest BCUT2D eigenvalue weighted by molar-refractivity contribution is 0.0600. The molecule has 0 aliphatic carbocycles. The average Bonchev–Trinajstić information content (AvgIpc) is 2.87. The number of benzene rings is 3. The number of aromatic nitrogens is 1. The lowest BCUT2D eigenvalue weighted by Gasteiger charge is -2.22. The number of carbonyl (C=O) groups excluding carboxylic acids is 1. The molecule has 0 N–H and O–H groups in total. The summed E-state index contributed by atoms with van der Waals surface area (Å²) < 4.78 is 4.80. The van der Waals surface area contributed by atoms with Crippen LogP contribution >= 0.6 is 0 Å². The number of methoxy groups -OCH3 is 1. The molecule has 0 aliphatic heterocycles. The molecule has 3 nitrogen and oxygen atoms in total. The van der Waals surface area contributed by atoms with Crippen molar-refractivity contribution in [2.24, 2.45) is 0 Å². The molecule has 1 heterocycles. The zero-order valence-corrected chi connectivity index (χ0v) is 19.9. The van der Waals surface area contributed by atoms with Gasteiger partial charge in [-0.25, -0.2) is 4.79 Å². The minimum absolute atomic E-state index is 0.193. The van der Waals surface area contributed by atoms with E-state index in [4.69, 9.17) is 4.74 Å². The molecular formula is C31H29NO2. The summed E-state index contributed by atoms with van der Waals surface area (Å²) in [4.78, 5) is 16.0. The van der Waals surface area contributed by atoms with Crippen molar-refractivity contribution in [1.29, 1.82) is 0 Å². The highest BCUT2D eigenvalue weighted by Crippen LogP contribution is 2.36. The Labute approximate surface area is 201 Å². The molecule has 3 heteroatoms. The second-order valence-corrected chi connectivity index (χ2v) is 8.59. The summed E-state index contributed by atoms with van der Waals surface area (Å²) in [5, 5.41) is 0. The maximum absolute atomic E-state index is 11.7. The van der Waals surface area contributed by atoms with Gasteiger partial charge in [-0.3, -0.25) is 4.98 Å². The van der Waals surface area contributed by atoms with Crippen molar-refractivity contribution >= 4 is 11.5 Å². The normalized spacial score (nSPS) is 11.6. The molecule has 170 valence electrons. The third kappa shape index (κ3) is 5.15. The third-order valence-corrected chi connectivity index (χ3v) is 6.27. The highest BCUT2D eigenvalue weighted by molar-refractivity contribution is 5.90. The Kier molecular flexibility index (Phi) is 7.03. The summed E-state index contributed by atoms with van der Waals surface area (Å²) in [6, 6.07) is 28.9. The first-order valence-corrected chi connectivity index (χ1v) is 11.4. The first-order valence-electron chi connectivity index (χ1n) is 11.4. The topological polar surface area (TPSA) is 39.2 Å². The van der Waals surface area contributed by atoms with Gasteiger partial charge in [-0.15, -0.1) is 0 Å². The van der Waals surface area contributed by atoms with Crippen molar-refractivity contribution in [3.8, 4) is 11.1 Å². The SMILES string of the molecule is C=C(CC(c1ccc(-c2ccc(C(=O)OC)cc2)cc1)c1ccccc1C)c1ccnc(C)c1. The number of hydrogen-bond donors (Lipinski definition) is 0. The number of esters is 1. The molecule has 1 atom stereocenters. The highest BCUT2D eigenvalue weighted by Gasteiger charge is 2.18. The van der Waals surface area contributed by atoms with Gasteiger partial charge in [0.05, 0.1) is 12.7 Å². The van der Waals surface area contributed by atoms with Crippen LogP contribution in [0.5, 0.6) is 0 Å². The smallest absolute Gasteiger partial charge is 0.337 e. The zero-order valence-electron chi connectivity index (χ0n) is 19.9. The van der Waals surface area contributed by atoms with E-state index in [-0.39, 0.29) is 11.9 Å². The number of ether oxygens (including phenoxy) is 1. The lowest BCUT2D eigenvalue weighted by atomic mass is 9.82. The van der Waals surface area contributed by atoms with Crippen LogP contribution < -0.4 is 0 Å². The van der Waals surface area contributed by atoms with E-state index in [9.17, 15) is 4.79 Å². The third-order valence-electron chi connectivity index (χ3n) is 6.27. The molecule has 34 heavy (non-hydrogen) atoms. The highest BCUT2D eigenvalue weighted by atomic mass is 16.5. The number of rotatable bonds is 7. The minimum atomic E-state index is -0.326. The molecule has 0 saturated heterocycles. The van der Waals surface area contributed by atoms with Crippen LogP contribution in [0.1, 0.15) is 50.6 Å². The van der Waals surface area contributed by atoms with Crippen molar-refractivity contribution in [1.82, 2.24) is 4.98 Å². The van der Waals surface area contributed by atoms with Crippen molar-refractivity contribution in [2.45, 2.75) is 26.2 Å². The van der Waals surface area contributed by atoms with Crippen molar-refractivity contribution in [3.05, 3.63) is 131 Å². The summed E-state index contributed by atoms with van der Waals surface area (Å²) >= 11 is 0. The van der Waals surface area contributed by atoms with E-state index in [1.165, 1.54) is 23.8 Å². The Bertz CT molecular complexity index is 1300. The van der Waals surface area contributed by atoms with Gasteiger partial charge < -0.3 is 4.74 Å². The van der Waals surface area contributed by atoms with E-state index in [1.54, 1.807) is 12.1 Å². The Morgan fingerprint density at radius 2 is 1.53 bits per heavy atom. The van der Waals surface area contributed by atoms with E-state index in [1.807, 2.05) is 31.3 Å². The predicted octanol–water partition coefficient (Wildman–Crippen LogP) is 7.39. The number of pyridine rings is 1. The quantitative estimate of drug-likeness (QED) is 0.277. The molecule has 0 bridgehead atoms. The fraction of sp³-hybridized carbons (Fsp3) is 0.161. The number of aryl methyl sites for hydroxylation is 2. The first-order chi connectivity index (χ1) is 16.5. The second kappa shape index (κ2) is 10.3. The van der Waals surface area contributed by atoms with Gasteiger partial charge in [0.25, 0.3) is 0 Å². The zero-order chi connectivity index (χ0) is 24.1. The molecule has 0 spiro atoms. The Morgan fingerprint density at radius 3 is 2.15 bits per heavy atom. The molecule has 0 fully saturated rings. The molecule has 1 aromatic heterocycles. The molecule has 0 aliphatic rings. The maximum atomic E-state index is 11.7. The Hall–Kier alpha value is -3.98. The number of hydrogen-bond acceptors (Lipinski definition) is 3. The average molecular weight is 448 g/mol. The van der Waals surface area contributed by atoms with E-state index in [0.717, 1.165) is 34.4 Å². The molecule has 3 aromatic carbocycles. The van der Waals surface area contributed by atoms with E-state index < -0.39 is 0 Å². The fourth-order valence-electron chi connectivity index (χ4n) is 4.34. The summed E-state index contributed by atoms with van der Waals surface area (Å²) in [7, 11) is 1.39. The van der Waals surface area contributed by atoms with Crippen LogP contribution in [0.3, 0.4) is 0 Å². The van der Waals surface area contributed by atoms with E-state index >= 15 is 0 Å². The van der Waals surface area contributed by atoms with Crippen LogP contribution in [0.15, 0.2) is 97.7 Å². The molecule has 1 unspecified atom stereocenters. The van der Waals surface area contributed by atoms with Gasteiger partial charge in [0.1, 0.15) is 0 Å². The van der Waals surface area contributed by atoms with Gasteiger partial charge >= 0.3 is 5.97 Å². The lowest BCUT2D eigenvalue weighted by Crippen LogP contribution is -2.05. The van der Waals surface area contributed by atoms with Crippen molar-refractivity contribution < 1.29 is 9.53 Å². The molecule has 4 rings (SSSR count). The van der Waals surface area contributed by atoms with Crippen LogP contribution in [0, 0.1) is 13.8 Å². The standard InChI is InChI=1S/C31H29NO2/c1-21-7-5-6-8-29(21)30(19-22(2)28-17-18-32-23(3)20-28)26-13-9-24(10-14-26)25-11-15-27(16-12-25)31(33)34-4/h5-18,20,30H,2,19H2,1,3-4H3. The maximum Gasteiger partial charge on any atom is 0.337 e. The predicted molar refractivity (Wildman–Crippen MR) is 139 cm³/mol. The van der Waals surface area contributed by atoms with Crippen LogP contribution in [-0.2, 0) is 4.74 Å². The fourth-order valence-corrected chi connectivity index (χ4v) is 4.34. The summed E-state index contributed by atoms with van der Waals surface area (Å²) in [5.41, 5.74) is 9.76. The van der Waals surface area contributed by atoms with Gasteiger partial charge in [-0.2, -0.15) is 0 Å². The molecule has 4 aromatic rings. The Balaban J connectivity index is 1.64. The van der Waals surface area contributed by atoms with Gasteiger partial charge in [-0.05, 0) is 83.5 Å². The van der Waals surface area contributed by atoms with Gasteiger partial charge in [0.2, 0.25) is 0 Å². The van der Waals surface area contributed by atoms with Crippen LogP contribution in [0.25, 0.3) is 16.7 Å². The van der Waals surface area contributed by atoms with Crippen LogP contribution in [-0.4, -0.2) is 18.1 Å². The molecule has 0 amide bonds. The molecule has 0 radical (unpaired) electrons. The first kappa shape index (κ1) is 23.2. The largest absolute Gasteiger partial charge is 0.465 e. The number of carbonyl (C=O) groups is 1. The van der Waals surface area contributed by atoms with Crippen molar-refractivity contribution in [2.75, 3.05) is 7.11 Å². The van der Waals surface area contributed by atoms with Crippen LogP contribution in [0.2, 0.25) is 0 Å². The van der Waals surface area contributed by atoms with Gasteiger partial charge in [0, 0.05) is 17.8 Å². The van der Waals surface area contributed by atoms with E-state index in [0.29, 0.717) is 5.56 Å². The number of allylic oxidation sites excluding steroid dienone is 1. The molecular weight excluding hydrogens is 418 g/mol. The van der Waals surface area contributed by atoms with Gasteiger partial charge in [-0.1, -0.05) is 67.2 Å². The van der Waals surface area contributed by atoms with Crippen LogP contribution in [0.4, 0.5) is 0 Å². The Morgan fingerprint density at radius 1 is 0.882 bits per heavy atom. The van der Waals surface area contributed by atoms with Gasteiger partial charge in [0.15, 0.2) is 0 Å². The summed E-state index contributed by atoms with van der Waals surface area (Å²) in [6.45, 7) is 8.59. The second-order valence-electron chi connectivity index (χ2n) is 8.59. The molecule has 0 saturated carbocycles. The van der Waals surface area contributed by atoms with E-state index in [2.05, 4.69) is 73.1 Å².